The molecule has 5 heteroatoms. The average molecular weight is 303 g/mol. The molecule has 1 aliphatic rings. The molecule has 1 saturated heterocycles. The lowest BCUT2D eigenvalue weighted by Gasteiger charge is -2.28. The summed E-state index contributed by atoms with van der Waals surface area (Å²) in [6.07, 6.45) is 1.73. The van der Waals surface area contributed by atoms with Gasteiger partial charge in [0.15, 0.2) is 0 Å². The van der Waals surface area contributed by atoms with E-state index < -0.39 is 0 Å². The van der Waals surface area contributed by atoms with Crippen molar-refractivity contribution < 1.29 is 9.59 Å². The summed E-state index contributed by atoms with van der Waals surface area (Å²) >= 11 is 0. The van der Waals surface area contributed by atoms with Crippen molar-refractivity contribution in [1.29, 1.82) is 0 Å². The van der Waals surface area contributed by atoms with Crippen LogP contribution in [-0.2, 0) is 4.79 Å². The molecule has 5 nitrogen and oxygen atoms in total. The number of carbonyl (C=O) groups is 2. The van der Waals surface area contributed by atoms with Crippen molar-refractivity contribution in [3.8, 4) is 0 Å². The Morgan fingerprint density at radius 3 is 2.45 bits per heavy atom. The highest BCUT2D eigenvalue weighted by Crippen LogP contribution is 2.21. The van der Waals surface area contributed by atoms with E-state index in [1.807, 2.05) is 19.9 Å². The Labute approximate surface area is 132 Å². The number of likely N-dealkylation sites (tertiary alicyclic amines) is 1. The zero-order valence-corrected chi connectivity index (χ0v) is 13.6. The van der Waals surface area contributed by atoms with Gasteiger partial charge in [0.2, 0.25) is 5.91 Å². The number of hydrogen-bond donors (Lipinski definition) is 2. The van der Waals surface area contributed by atoms with Crippen LogP contribution in [0.3, 0.4) is 0 Å². The van der Waals surface area contributed by atoms with Crippen molar-refractivity contribution in [2.45, 2.75) is 32.7 Å². The first-order valence-corrected chi connectivity index (χ1v) is 7.86. The molecule has 0 spiro atoms. The van der Waals surface area contributed by atoms with E-state index >= 15 is 0 Å². The van der Waals surface area contributed by atoms with E-state index in [2.05, 4.69) is 22.6 Å². The summed E-state index contributed by atoms with van der Waals surface area (Å²) in [6.45, 7) is 5.70. The maximum atomic E-state index is 12.4. The summed E-state index contributed by atoms with van der Waals surface area (Å²) in [6, 6.07) is 7.21. The van der Waals surface area contributed by atoms with Gasteiger partial charge in [-0.3, -0.25) is 9.59 Å². The summed E-state index contributed by atoms with van der Waals surface area (Å²) in [7, 11) is 2.07. The highest BCUT2D eigenvalue weighted by Gasteiger charge is 2.24. The molecule has 22 heavy (non-hydrogen) atoms. The number of nitrogens with zero attached hydrogens (tertiary/aromatic N) is 1. The Morgan fingerprint density at radius 1 is 1.18 bits per heavy atom. The van der Waals surface area contributed by atoms with E-state index in [0.29, 0.717) is 11.3 Å². The van der Waals surface area contributed by atoms with E-state index in [-0.39, 0.29) is 23.8 Å². The molecule has 1 aliphatic heterocycles. The number of nitrogens with one attached hydrogen (secondary N) is 2. The molecule has 2 rings (SSSR count). The Bertz CT molecular complexity index is 534. The van der Waals surface area contributed by atoms with Gasteiger partial charge in [-0.05, 0) is 59.0 Å². The second-order valence-corrected chi connectivity index (χ2v) is 6.24. The molecule has 2 N–H and O–H groups in total. The maximum Gasteiger partial charge on any atom is 0.253 e. The predicted octanol–water partition coefficient (Wildman–Crippen LogP) is 2.11. The first-order chi connectivity index (χ1) is 10.5. The van der Waals surface area contributed by atoms with Crippen molar-refractivity contribution in [3.63, 3.8) is 0 Å². The number of amides is 2. The molecule has 0 aliphatic carbocycles. The fourth-order valence-corrected chi connectivity index (χ4v) is 2.64. The van der Waals surface area contributed by atoms with Gasteiger partial charge in [0, 0.05) is 12.0 Å². The summed E-state index contributed by atoms with van der Waals surface area (Å²) in [5, 5.41) is 5.79. The van der Waals surface area contributed by atoms with E-state index in [0.717, 1.165) is 25.9 Å². The fourth-order valence-electron chi connectivity index (χ4n) is 2.64. The van der Waals surface area contributed by atoms with E-state index in [9.17, 15) is 9.59 Å². The lowest BCUT2D eigenvalue weighted by atomic mass is 9.96. The van der Waals surface area contributed by atoms with Crippen LogP contribution >= 0.6 is 0 Å². The first-order valence-electron chi connectivity index (χ1n) is 7.86. The Hall–Kier alpha value is -1.88. The van der Waals surface area contributed by atoms with Crippen molar-refractivity contribution >= 4 is 17.5 Å². The Morgan fingerprint density at radius 2 is 1.82 bits per heavy atom. The van der Waals surface area contributed by atoms with Crippen LogP contribution < -0.4 is 10.6 Å². The molecule has 1 heterocycles. The summed E-state index contributed by atoms with van der Waals surface area (Å²) in [5.74, 6) is -0.121. The number of benzene rings is 1. The predicted molar refractivity (Wildman–Crippen MR) is 87.9 cm³/mol. The van der Waals surface area contributed by atoms with Crippen LogP contribution in [0.15, 0.2) is 24.3 Å². The molecule has 0 radical (unpaired) electrons. The monoisotopic (exact) mass is 303 g/mol. The summed E-state index contributed by atoms with van der Waals surface area (Å²) in [4.78, 5) is 26.8. The SMILES string of the molecule is CC(C)NC(=O)c1ccccc1NC(=O)C1CCN(C)CC1. The Kier molecular flexibility index (Phi) is 5.55. The van der Waals surface area contributed by atoms with Gasteiger partial charge in [0.25, 0.3) is 5.91 Å². The number of carbonyl (C=O) groups excluding carboxylic acids is 2. The second kappa shape index (κ2) is 7.40. The zero-order chi connectivity index (χ0) is 16.1. The quantitative estimate of drug-likeness (QED) is 0.895. The number of para-hydroxylation sites is 1. The van der Waals surface area contributed by atoms with Crippen LogP contribution in [0.4, 0.5) is 5.69 Å². The minimum absolute atomic E-state index is 0.0119. The molecular formula is C17H25N3O2. The maximum absolute atomic E-state index is 12.4. The molecule has 120 valence electrons. The van der Waals surface area contributed by atoms with E-state index in [1.54, 1.807) is 18.2 Å². The third kappa shape index (κ3) is 4.31. The number of anilines is 1. The van der Waals surface area contributed by atoms with Gasteiger partial charge in [-0.1, -0.05) is 12.1 Å². The van der Waals surface area contributed by atoms with Crippen molar-refractivity contribution in [1.82, 2.24) is 10.2 Å². The van der Waals surface area contributed by atoms with Crippen LogP contribution in [0.5, 0.6) is 0 Å². The second-order valence-electron chi connectivity index (χ2n) is 6.24. The largest absolute Gasteiger partial charge is 0.350 e. The van der Waals surface area contributed by atoms with Crippen LogP contribution in [0.25, 0.3) is 0 Å². The minimum atomic E-state index is -0.158. The third-order valence-corrected chi connectivity index (χ3v) is 3.94. The summed E-state index contributed by atoms with van der Waals surface area (Å²) in [5.41, 5.74) is 1.10. The first kappa shape index (κ1) is 16.5. The standard InChI is InChI=1S/C17H25N3O2/c1-12(2)18-17(22)14-6-4-5-7-15(14)19-16(21)13-8-10-20(3)11-9-13/h4-7,12-13H,8-11H2,1-3H3,(H,18,22)(H,19,21). The topological polar surface area (TPSA) is 61.4 Å². The summed E-state index contributed by atoms with van der Waals surface area (Å²) < 4.78 is 0. The molecule has 2 amide bonds. The number of piperidine rings is 1. The molecule has 1 aromatic rings. The van der Waals surface area contributed by atoms with Gasteiger partial charge < -0.3 is 15.5 Å². The molecular weight excluding hydrogens is 278 g/mol. The van der Waals surface area contributed by atoms with E-state index in [4.69, 9.17) is 0 Å². The van der Waals surface area contributed by atoms with Crippen LogP contribution in [0, 0.1) is 5.92 Å². The van der Waals surface area contributed by atoms with Gasteiger partial charge in [0.1, 0.15) is 0 Å². The normalized spacial score (nSPS) is 16.5. The van der Waals surface area contributed by atoms with Gasteiger partial charge in [0.05, 0.1) is 11.3 Å². The minimum Gasteiger partial charge on any atom is -0.350 e. The molecule has 0 unspecified atom stereocenters. The van der Waals surface area contributed by atoms with Gasteiger partial charge in [-0.2, -0.15) is 0 Å². The lowest BCUT2D eigenvalue weighted by molar-refractivity contribution is -0.121. The van der Waals surface area contributed by atoms with Gasteiger partial charge >= 0.3 is 0 Å². The molecule has 0 bridgehead atoms. The van der Waals surface area contributed by atoms with Crippen molar-refractivity contribution in [3.05, 3.63) is 29.8 Å². The highest BCUT2D eigenvalue weighted by atomic mass is 16.2. The average Bonchev–Trinajstić information content (AvgIpc) is 2.47. The van der Waals surface area contributed by atoms with Crippen molar-refractivity contribution in [2.75, 3.05) is 25.5 Å². The molecule has 0 atom stereocenters. The number of rotatable bonds is 4. The van der Waals surface area contributed by atoms with Gasteiger partial charge in [-0.25, -0.2) is 0 Å². The van der Waals surface area contributed by atoms with Crippen LogP contribution in [-0.4, -0.2) is 42.9 Å². The molecule has 0 saturated carbocycles. The Balaban J connectivity index is 2.06. The van der Waals surface area contributed by atoms with E-state index in [1.165, 1.54) is 0 Å². The fraction of sp³-hybridized carbons (Fsp3) is 0.529. The highest BCUT2D eigenvalue weighted by molar-refractivity contribution is 6.04. The molecule has 1 fully saturated rings. The third-order valence-electron chi connectivity index (χ3n) is 3.94. The van der Waals surface area contributed by atoms with Gasteiger partial charge in [-0.15, -0.1) is 0 Å². The van der Waals surface area contributed by atoms with Crippen LogP contribution in [0.2, 0.25) is 0 Å². The smallest absolute Gasteiger partial charge is 0.253 e. The lowest BCUT2D eigenvalue weighted by Crippen LogP contribution is -2.36. The van der Waals surface area contributed by atoms with Crippen LogP contribution in [0.1, 0.15) is 37.0 Å². The zero-order valence-electron chi connectivity index (χ0n) is 13.6. The molecule has 0 aromatic heterocycles. The molecule has 1 aromatic carbocycles. The van der Waals surface area contributed by atoms with Crippen molar-refractivity contribution in [2.24, 2.45) is 5.92 Å². The number of hydrogen-bond acceptors (Lipinski definition) is 3.